The summed E-state index contributed by atoms with van der Waals surface area (Å²) in [4.78, 5) is 9.22. The van der Waals surface area contributed by atoms with Gasteiger partial charge in [0.15, 0.2) is 0 Å². The fourth-order valence-corrected chi connectivity index (χ4v) is 9.74. The number of hydrogen-bond acceptors (Lipinski definition) is 3. The molecule has 3 heterocycles. The molecule has 0 aliphatic rings. The molecule has 0 fully saturated rings. The van der Waals surface area contributed by atoms with Gasteiger partial charge in [0.25, 0.3) is 0 Å². The van der Waals surface area contributed by atoms with Gasteiger partial charge in [0, 0.05) is 31.7 Å². The maximum Gasteiger partial charge on any atom is 0.121 e. The van der Waals surface area contributed by atoms with E-state index in [-0.39, 0.29) is 20.1 Å². The van der Waals surface area contributed by atoms with Crippen molar-refractivity contribution in [3.05, 3.63) is 164 Å². The minimum absolute atomic E-state index is 0. The molecule has 49 heavy (non-hydrogen) atoms. The van der Waals surface area contributed by atoms with Gasteiger partial charge in [0.1, 0.15) is 5.58 Å². The molecule has 0 N–H and O–H groups in total. The first kappa shape index (κ1) is 34.3. The summed E-state index contributed by atoms with van der Waals surface area (Å²) in [6.07, 6.45) is 3.92. The predicted molar refractivity (Wildman–Crippen MR) is 203 cm³/mol. The van der Waals surface area contributed by atoms with Gasteiger partial charge in [-0.25, -0.2) is 0 Å². The Morgan fingerprint density at radius 2 is 1.29 bits per heavy atom. The number of fused-ring (bicyclic) bond motifs is 3. The van der Waals surface area contributed by atoms with Crippen molar-refractivity contribution in [1.82, 2.24) is 9.97 Å². The Balaban J connectivity index is 0.000000198. The van der Waals surface area contributed by atoms with Crippen molar-refractivity contribution in [3.8, 4) is 44.8 Å². The minimum atomic E-state index is -1.77. The van der Waals surface area contributed by atoms with Crippen LogP contribution in [0.3, 0.4) is 0 Å². The first-order valence-electron chi connectivity index (χ1n) is 16.2. The first-order chi connectivity index (χ1) is 23.3. The fourth-order valence-electron chi connectivity index (χ4n) is 6.16. The summed E-state index contributed by atoms with van der Waals surface area (Å²) < 4.78 is 7.86. The zero-order valence-electron chi connectivity index (χ0n) is 28.0. The third kappa shape index (κ3) is 7.53. The number of aryl methyl sites for hydroxylation is 1. The van der Waals surface area contributed by atoms with Crippen molar-refractivity contribution in [2.24, 2.45) is 0 Å². The molecular formula is C44H36GeIrN2O-2. The monoisotopic (exact) mass is 875 g/mol. The number of benzene rings is 5. The van der Waals surface area contributed by atoms with Crippen LogP contribution in [0.25, 0.3) is 66.7 Å². The van der Waals surface area contributed by atoms with Crippen LogP contribution in [-0.2, 0) is 20.1 Å². The molecule has 0 saturated carbocycles. The maximum absolute atomic E-state index is 6.37. The average Bonchev–Trinajstić information content (AvgIpc) is 3.51. The van der Waals surface area contributed by atoms with E-state index in [9.17, 15) is 0 Å². The molecule has 0 saturated heterocycles. The van der Waals surface area contributed by atoms with Gasteiger partial charge in [-0.05, 0) is 40.1 Å². The van der Waals surface area contributed by atoms with Gasteiger partial charge in [-0.2, -0.15) is 0 Å². The zero-order valence-corrected chi connectivity index (χ0v) is 32.5. The molecule has 5 heteroatoms. The van der Waals surface area contributed by atoms with Gasteiger partial charge in [-0.15, -0.1) is 18.2 Å². The van der Waals surface area contributed by atoms with Crippen LogP contribution in [0, 0.1) is 19.1 Å². The second-order valence-electron chi connectivity index (χ2n) is 13.0. The molecule has 8 rings (SSSR count). The van der Waals surface area contributed by atoms with Gasteiger partial charge in [-0.1, -0.05) is 89.8 Å². The largest absolute Gasteiger partial charge is 0.501 e. The molecule has 3 nitrogen and oxygen atoms in total. The number of aromatic nitrogens is 2. The van der Waals surface area contributed by atoms with Crippen LogP contribution in [0.4, 0.5) is 0 Å². The molecule has 5 aromatic carbocycles. The fraction of sp³-hybridized carbons (Fsp3) is 0.0909. The van der Waals surface area contributed by atoms with E-state index in [0.29, 0.717) is 0 Å². The Bertz CT molecular complexity index is 2330. The summed E-state index contributed by atoms with van der Waals surface area (Å²) in [6, 6.07) is 52.0. The number of rotatable bonds is 5. The molecule has 0 spiro atoms. The molecule has 0 aliphatic heterocycles. The Kier molecular flexibility index (Phi) is 10.4. The molecule has 1 radical (unpaired) electrons. The third-order valence-electron chi connectivity index (χ3n) is 8.57. The average molecular weight is 874 g/mol. The van der Waals surface area contributed by atoms with E-state index in [1.165, 1.54) is 15.5 Å². The quantitative estimate of drug-likeness (QED) is 0.128. The Labute approximate surface area is 304 Å². The normalized spacial score (nSPS) is 11.1. The van der Waals surface area contributed by atoms with E-state index in [4.69, 9.17) is 4.42 Å². The van der Waals surface area contributed by atoms with E-state index < -0.39 is 13.3 Å². The molecule has 243 valence electrons. The van der Waals surface area contributed by atoms with Crippen molar-refractivity contribution in [2.45, 2.75) is 24.2 Å². The summed E-state index contributed by atoms with van der Waals surface area (Å²) in [5, 5.41) is 2.18. The van der Waals surface area contributed by atoms with Crippen molar-refractivity contribution in [1.29, 1.82) is 0 Å². The van der Waals surface area contributed by atoms with Crippen LogP contribution in [-0.4, -0.2) is 23.2 Å². The van der Waals surface area contributed by atoms with Crippen LogP contribution >= 0.6 is 0 Å². The molecule has 8 aromatic rings. The standard InChI is InChI=1S/C29H18NO.C15H18GeN.Ir/c1-3-8-20(9-4-1)22-14-15-24-25-12-7-13-26(29(25)31-28(24)19-22)27-18-23(16-17-30-27)21-10-5-2-6-11-21;1-12-10-15(13-8-6-5-7-9-13)17-11-14(12)16(2,3)4;/h1-12,14-19H;5-8,10-11H,1-4H3;/q2*-1;. The second-order valence-corrected chi connectivity index (χ2v) is 23.6. The Hall–Kier alpha value is -4.61. The second kappa shape index (κ2) is 14.9. The summed E-state index contributed by atoms with van der Waals surface area (Å²) >= 11 is -1.77. The van der Waals surface area contributed by atoms with Gasteiger partial charge < -0.3 is 9.40 Å². The van der Waals surface area contributed by atoms with Crippen LogP contribution in [0.15, 0.2) is 150 Å². The third-order valence-corrected chi connectivity index (χ3v) is 13.1. The SMILES string of the molecule is Cc1cc(-c2[c-]cccc2)nc[c]1[Ge]([CH3])([CH3])[CH3].[Ir].[c-]1ccc2c(oc3cc(-c4ccccc4)ccc32)c1-c1cc(-c2ccccc2)ccn1. The Morgan fingerprint density at radius 1 is 0.592 bits per heavy atom. The van der Waals surface area contributed by atoms with Crippen LogP contribution in [0.2, 0.25) is 17.3 Å². The first-order valence-corrected chi connectivity index (χ1v) is 23.6. The molecule has 0 unspecified atom stereocenters. The van der Waals surface area contributed by atoms with E-state index in [2.05, 4.69) is 131 Å². The molecule has 0 atom stereocenters. The molecule has 0 amide bonds. The van der Waals surface area contributed by atoms with E-state index in [1.54, 1.807) is 0 Å². The van der Waals surface area contributed by atoms with Crippen molar-refractivity contribution in [2.75, 3.05) is 0 Å². The van der Waals surface area contributed by atoms with Gasteiger partial charge >= 0.3 is 106 Å². The smallest absolute Gasteiger partial charge is 0.121 e. The predicted octanol–water partition coefficient (Wildman–Crippen LogP) is 11.2. The van der Waals surface area contributed by atoms with Crippen LogP contribution < -0.4 is 4.40 Å². The van der Waals surface area contributed by atoms with E-state index in [1.807, 2.05) is 60.8 Å². The van der Waals surface area contributed by atoms with Gasteiger partial charge in [-0.3, -0.25) is 0 Å². The summed E-state index contributed by atoms with van der Waals surface area (Å²) in [5.41, 5.74) is 11.5. The van der Waals surface area contributed by atoms with E-state index >= 15 is 0 Å². The molecule has 0 bridgehead atoms. The number of pyridine rings is 2. The van der Waals surface area contributed by atoms with Crippen molar-refractivity contribution < 1.29 is 24.5 Å². The van der Waals surface area contributed by atoms with Crippen molar-refractivity contribution >= 4 is 39.6 Å². The number of furan rings is 1. The van der Waals surface area contributed by atoms with E-state index in [0.717, 1.165) is 61.1 Å². The van der Waals surface area contributed by atoms with Gasteiger partial charge in [0.05, 0.1) is 5.58 Å². The van der Waals surface area contributed by atoms with Crippen LogP contribution in [0.1, 0.15) is 5.56 Å². The summed E-state index contributed by atoms with van der Waals surface area (Å²) in [7, 11) is 0. The summed E-state index contributed by atoms with van der Waals surface area (Å²) in [5.74, 6) is 7.20. The number of nitrogens with zero attached hydrogens (tertiary/aromatic N) is 2. The molecule has 3 aromatic heterocycles. The number of hydrogen-bond donors (Lipinski definition) is 0. The molecular weight excluding hydrogens is 837 g/mol. The molecule has 0 aliphatic carbocycles. The summed E-state index contributed by atoms with van der Waals surface area (Å²) in [6.45, 7) is 2.19. The maximum atomic E-state index is 6.37. The Morgan fingerprint density at radius 3 is 1.94 bits per heavy atom. The topological polar surface area (TPSA) is 38.9 Å². The van der Waals surface area contributed by atoms with Crippen LogP contribution in [0.5, 0.6) is 0 Å². The minimum Gasteiger partial charge on any atom is -0.501 e. The zero-order chi connectivity index (χ0) is 33.1. The van der Waals surface area contributed by atoms with Gasteiger partial charge in [0.2, 0.25) is 0 Å². The van der Waals surface area contributed by atoms with Crippen molar-refractivity contribution in [3.63, 3.8) is 0 Å².